The second-order valence-electron chi connectivity index (χ2n) is 7.42. The molecule has 1 fully saturated rings. The average Bonchev–Trinajstić information content (AvgIpc) is 3.41. The summed E-state index contributed by atoms with van der Waals surface area (Å²) in [4.78, 5) is 25.1. The smallest absolute Gasteiger partial charge is 0.267 e. The van der Waals surface area contributed by atoms with Crippen LogP contribution < -0.4 is 5.73 Å². The second-order valence-corrected chi connectivity index (χ2v) is 7.42. The Morgan fingerprint density at radius 2 is 2.11 bits per heavy atom. The second kappa shape index (κ2) is 5.97. The lowest BCUT2D eigenvalue weighted by atomic mass is 9.93. The molecule has 2 N–H and O–H groups in total. The lowest BCUT2D eigenvalue weighted by Crippen LogP contribution is -2.17. The molecular weight excluding hydrogens is 340 g/mol. The summed E-state index contributed by atoms with van der Waals surface area (Å²) in [6.45, 7) is 2.45. The van der Waals surface area contributed by atoms with Crippen LogP contribution in [-0.4, -0.2) is 30.6 Å². The maximum atomic E-state index is 11.6. The molecule has 3 heterocycles. The minimum absolute atomic E-state index is 0.350. The molecule has 0 radical (unpaired) electrons. The molecule has 5 rings (SSSR count). The van der Waals surface area contributed by atoms with Crippen molar-refractivity contribution in [3.63, 3.8) is 0 Å². The van der Waals surface area contributed by atoms with Crippen LogP contribution in [0.3, 0.4) is 0 Å². The van der Waals surface area contributed by atoms with Gasteiger partial charge in [0, 0.05) is 23.9 Å². The Balaban J connectivity index is 1.45. The molecule has 0 unspecified atom stereocenters. The van der Waals surface area contributed by atoms with E-state index in [-0.39, 0.29) is 0 Å². The molecular formula is C20H20N6O. The van der Waals surface area contributed by atoms with Crippen LogP contribution >= 0.6 is 0 Å². The number of aryl methyl sites for hydroxylation is 3. The van der Waals surface area contributed by atoms with E-state index in [0.717, 1.165) is 46.7 Å². The zero-order valence-corrected chi connectivity index (χ0v) is 15.1. The number of pyridine rings is 1. The molecule has 0 spiro atoms. The Kier molecular flexibility index (Phi) is 3.56. The molecule has 2 aliphatic carbocycles. The lowest BCUT2D eigenvalue weighted by molar-refractivity contribution is 0.0994. The lowest BCUT2D eigenvalue weighted by Gasteiger charge is -2.16. The average molecular weight is 360 g/mol. The van der Waals surface area contributed by atoms with Crippen LogP contribution in [0.1, 0.15) is 57.5 Å². The summed E-state index contributed by atoms with van der Waals surface area (Å²) in [7, 11) is 0. The van der Waals surface area contributed by atoms with Gasteiger partial charge in [-0.3, -0.25) is 19.4 Å². The molecule has 3 aromatic rings. The van der Waals surface area contributed by atoms with Gasteiger partial charge in [0.05, 0.1) is 35.5 Å². The Labute approximate surface area is 156 Å². The van der Waals surface area contributed by atoms with Crippen LogP contribution in [0.15, 0.2) is 24.7 Å². The summed E-state index contributed by atoms with van der Waals surface area (Å²) < 4.78 is 1.91. The largest absolute Gasteiger partial charge is 0.364 e. The first kappa shape index (κ1) is 16.1. The number of hydrogen-bond acceptors (Lipinski definition) is 5. The normalized spacial score (nSPS) is 15.3. The Bertz CT molecular complexity index is 1050. The minimum Gasteiger partial charge on any atom is -0.364 e. The highest BCUT2D eigenvalue weighted by molar-refractivity contribution is 5.93. The van der Waals surface area contributed by atoms with Gasteiger partial charge in [0.2, 0.25) is 0 Å². The van der Waals surface area contributed by atoms with Crippen LogP contribution in [0.2, 0.25) is 0 Å². The van der Waals surface area contributed by atoms with Crippen molar-refractivity contribution in [2.24, 2.45) is 5.73 Å². The van der Waals surface area contributed by atoms with Gasteiger partial charge in [0.1, 0.15) is 5.69 Å². The summed E-state index contributed by atoms with van der Waals surface area (Å²) in [5.41, 5.74) is 12.6. The number of amides is 1. The summed E-state index contributed by atoms with van der Waals surface area (Å²) in [5, 5.41) is 4.77. The number of fused-ring (bicyclic) bond motifs is 3. The van der Waals surface area contributed by atoms with E-state index in [1.807, 2.05) is 30.1 Å². The van der Waals surface area contributed by atoms with Crippen LogP contribution in [0.25, 0.3) is 11.3 Å². The molecule has 1 amide bonds. The third-order valence-corrected chi connectivity index (χ3v) is 5.29. The van der Waals surface area contributed by atoms with E-state index in [2.05, 4.69) is 21.1 Å². The van der Waals surface area contributed by atoms with Gasteiger partial charge in [0.15, 0.2) is 0 Å². The van der Waals surface area contributed by atoms with Gasteiger partial charge in [-0.1, -0.05) is 0 Å². The van der Waals surface area contributed by atoms with E-state index in [0.29, 0.717) is 18.2 Å². The van der Waals surface area contributed by atoms with Gasteiger partial charge in [-0.25, -0.2) is 4.98 Å². The highest BCUT2D eigenvalue weighted by Gasteiger charge is 2.25. The molecule has 2 aliphatic rings. The fourth-order valence-electron chi connectivity index (χ4n) is 3.71. The molecule has 3 aromatic heterocycles. The monoisotopic (exact) mass is 360 g/mol. The number of carbonyl (C=O) groups excluding carboxylic acids is 1. The molecule has 1 saturated carbocycles. The SMILES string of the molecule is Cc1cc2c(nc1C(N)=O)CCc1cn(Cc3cnc(C4CC4)cn3)nc1-2. The number of nitrogens with two attached hydrogens (primary N) is 1. The van der Waals surface area contributed by atoms with Crippen molar-refractivity contribution in [3.05, 3.63) is 58.6 Å². The minimum atomic E-state index is -0.486. The quantitative estimate of drug-likeness (QED) is 0.768. The van der Waals surface area contributed by atoms with E-state index >= 15 is 0 Å². The van der Waals surface area contributed by atoms with E-state index < -0.39 is 5.91 Å². The summed E-state index contributed by atoms with van der Waals surface area (Å²) >= 11 is 0. The topological polar surface area (TPSA) is 99.6 Å². The first-order valence-corrected chi connectivity index (χ1v) is 9.26. The summed E-state index contributed by atoms with van der Waals surface area (Å²) in [6.07, 6.45) is 9.91. The zero-order valence-electron chi connectivity index (χ0n) is 15.1. The number of primary amides is 1. The van der Waals surface area contributed by atoms with Gasteiger partial charge in [-0.15, -0.1) is 0 Å². The Hall–Kier alpha value is -3.09. The number of aromatic nitrogens is 5. The number of carbonyl (C=O) groups is 1. The molecule has 136 valence electrons. The predicted molar refractivity (Wildman–Crippen MR) is 99.2 cm³/mol. The van der Waals surface area contributed by atoms with Gasteiger partial charge < -0.3 is 5.73 Å². The van der Waals surface area contributed by atoms with Crippen molar-refractivity contribution in [3.8, 4) is 11.3 Å². The molecule has 0 aromatic carbocycles. The first-order valence-electron chi connectivity index (χ1n) is 9.26. The fraction of sp³-hybridized carbons (Fsp3) is 0.350. The van der Waals surface area contributed by atoms with Gasteiger partial charge in [-0.05, 0) is 49.8 Å². The van der Waals surface area contributed by atoms with Crippen molar-refractivity contribution < 1.29 is 4.79 Å². The van der Waals surface area contributed by atoms with E-state index in [1.165, 1.54) is 18.4 Å². The van der Waals surface area contributed by atoms with Crippen LogP contribution in [0.4, 0.5) is 0 Å². The standard InChI is InChI=1S/C20H20N6O/c1-11-6-15-16(24-18(11)20(21)27)5-4-13-9-26(25-19(13)15)10-14-7-23-17(8-22-14)12-2-3-12/h6-9,12H,2-5,10H2,1H3,(H2,21,27). The maximum Gasteiger partial charge on any atom is 0.267 e. The van der Waals surface area contributed by atoms with Gasteiger partial charge >= 0.3 is 0 Å². The Morgan fingerprint density at radius 1 is 1.26 bits per heavy atom. The van der Waals surface area contributed by atoms with Crippen molar-refractivity contribution in [1.29, 1.82) is 0 Å². The number of rotatable bonds is 4. The van der Waals surface area contributed by atoms with Crippen LogP contribution in [0.5, 0.6) is 0 Å². The van der Waals surface area contributed by atoms with Crippen LogP contribution in [0, 0.1) is 6.92 Å². The van der Waals surface area contributed by atoms with E-state index in [4.69, 9.17) is 10.8 Å². The molecule has 27 heavy (non-hydrogen) atoms. The maximum absolute atomic E-state index is 11.6. The van der Waals surface area contributed by atoms with Crippen molar-refractivity contribution in [2.45, 2.75) is 45.1 Å². The van der Waals surface area contributed by atoms with Gasteiger partial charge in [0.25, 0.3) is 5.91 Å². The third-order valence-electron chi connectivity index (χ3n) is 5.29. The van der Waals surface area contributed by atoms with E-state index in [9.17, 15) is 4.79 Å². The molecule has 0 atom stereocenters. The van der Waals surface area contributed by atoms with Crippen LogP contribution in [-0.2, 0) is 19.4 Å². The summed E-state index contributed by atoms with van der Waals surface area (Å²) in [5.74, 6) is 0.126. The van der Waals surface area contributed by atoms with E-state index in [1.54, 1.807) is 0 Å². The number of hydrogen-bond donors (Lipinski definition) is 1. The predicted octanol–water partition coefficient (Wildman–Crippen LogP) is 2.17. The highest BCUT2D eigenvalue weighted by atomic mass is 16.1. The van der Waals surface area contributed by atoms with Crippen molar-refractivity contribution in [1.82, 2.24) is 24.7 Å². The first-order chi connectivity index (χ1) is 13.1. The molecule has 7 heteroatoms. The molecule has 0 saturated heterocycles. The fourth-order valence-corrected chi connectivity index (χ4v) is 3.71. The highest BCUT2D eigenvalue weighted by Crippen LogP contribution is 2.38. The molecule has 7 nitrogen and oxygen atoms in total. The Morgan fingerprint density at radius 3 is 2.81 bits per heavy atom. The van der Waals surface area contributed by atoms with Crippen molar-refractivity contribution in [2.75, 3.05) is 0 Å². The molecule has 0 bridgehead atoms. The summed E-state index contributed by atoms with van der Waals surface area (Å²) in [6, 6.07) is 1.97. The molecule has 0 aliphatic heterocycles. The van der Waals surface area contributed by atoms with Gasteiger partial charge in [-0.2, -0.15) is 5.10 Å². The third kappa shape index (κ3) is 2.89. The number of nitrogens with zero attached hydrogens (tertiary/aromatic N) is 5. The van der Waals surface area contributed by atoms with Crippen molar-refractivity contribution >= 4 is 5.91 Å². The zero-order chi connectivity index (χ0) is 18.5.